The number of benzene rings is 2. The molecular weight excluding hydrogens is 323 g/mol. The zero-order valence-corrected chi connectivity index (χ0v) is 12.4. The number of rotatable bonds is 4. The summed E-state index contributed by atoms with van der Waals surface area (Å²) in [7, 11) is 1.59. The van der Waals surface area contributed by atoms with Crippen LogP contribution in [0.25, 0.3) is 0 Å². The van der Waals surface area contributed by atoms with E-state index < -0.39 is 5.82 Å². The van der Waals surface area contributed by atoms with Crippen LogP contribution in [0, 0.1) is 17.1 Å². The van der Waals surface area contributed by atoms with Crippen LogP contribution in [0.5, 0.6) is 5.75 Å². The molecule has 102 valence electrons. The summed E-state index contributed by atoms with van der Waals surface area (Å²) in [6.07, 6.45) is 0. The third-order valence-corrected chi connectivity index (χ3v) is 3.22. The first kappa shape index (κ1) is 14.4. The average molecular weight is 335 g/mol. The van der Waals surface area contributed by atoms with Crippen molar-refractivity contribution in [1.29, 1.82) is 5.26 Å². The summed E-state index contributed by atoms with van der Waals surface area (Å²) in [5.74, 6) is 0.284. The van der Waals surface area contributed by atoms with Crippen molar-refractivity contribution in [3.05, 3.63) is 57.8 Å². The monoisotopic (exact) mass is 334 g/mol. The van der Waals surface area contributed by atoms with Gasteiger partial charge in [-0.15, -0.1) is 0 Å². The Labute approximate surface area is 125 Å². The van der Waals surface area contributed by atoms with Gasteiger partial charge in [0.05, 0.1) is 24.4 Å². The Kier molecular flexibility index (Phi) is 4.59. The lowest BCUT2D eigenvalue weighted by molar-refractivity contribution is 0.416. The lowest BCUT2D eigenvalue weighted by Gasteiger charge is -2.12. The highest BCUT2D eigenvalue weighted by molar-refractivity contribution is 9.10. The summed E-state index contributed by atoms with van der Waals surface area (Å²) < 4.78 is 19.5. The third-order valence-electron chi connectivity index (χ3n) is 2.73. The Morgan fingerprint density at radius 2 is 2.10 bits per heavy atom. The van der Waals surface area contributed by atoms with Crippen LogP contribution in [-0.2, 0) is 6.54 Å². The van der Waals surface area contributed by atoms with Gasteiger partial charge in [0, 0.05) is 11.0 Å². The number of methoxy groups -OCH3 is 1. The molecule has 0 amide bonds. The molecule has 0 saturated carbocycles. The highest BCUT2D eigenvalue weighted by Crippen LogP contribution is 2.28. The molecule has 5 heteroatoms. The highest BCUT2D eigenvalue weighted by atomic mass is 79.9. The fourth-order valence-electron chi connectivity index (χ4n) is 1.83. The molecular formula is C15H12BrFN2O. The van der Waals surface area contributed by atoms with Gasteiger partial charge in [-0.3, -0.25) is 0 Å². The molecule has 0 bridgehead atoms. The summed E-state index contributed by atoms with van der Waals surface area (Å²) in [5.41, 5.74) is 1.80. The number of ether oxygens (including phenoxy) is 1. The van der Waals surface area contributed by atoms with Crippen molar-refractivity contribution in [2.45, 2.75) is 6.54 Å². The van der Waals surface area contributed by atoms with E-state index in [0.29, 0.717) is 23.4 Å². The Hall–Kier alpha value is -2.06. The minimum Gasteiger partial charge on any atom is -0.495 e. The van der Waals surface area contributed by atoms with E-state index in [1.165, 1.54) is 12.1 Å². The number of hydrogen-bond donors (Lipinski definition) is 1. The Morgan fingerprint density at radius 1 is 1.30 bits per heavy atom. The zero-order chi connectivity index (χ0) is 14.5. The topological polar surface area (TPSA) is 45.0 Å². The molecule has 0 aromatic heterocycles. The van der Waals surface area contributed by atoms with E-state index in [1.54, 1.807) is 13.2 Å². The first-order valence-corrected chi connectivity index (χ1v) is 6.68. The summed E-state index contributed by atoms with van der Waals surface area (Å²) in [4.78, 5) is 0. The quantitative estimate of drug-likeness (QED) is 0.916. The molecule has 0 heterocycles. The molecule has 2 aromatic rings. The lowest BCUT2D eigenvalue weighted by Crippen LogP contribution is -2.02. The molecule has 2 rings (SSSR count). The fraction of sp³-hybridized carbons (Fsp3) is 0.133. The first-order valence-electron chi connectivity index (χ1n) is 5.89. The van der Waals surface area contributed by atoms with Crippen LogP contribution in [0.4, 0.5) is 10.1 Å². The molecule has 0 spiro atoms. The van der Waals surface area contributed by atoms with Gasteiger partial charge >= 0.3 is 0 Å². The van der Waals surface area contributed by atoms with Crippen LogP contribution < -0.4 is 10.1 Å². The van der Waals surface area contributed by atoms with E-state index in [4.69, 9.17) is 10.00 Å². The van der Waals surface area contributed by atoms with Crippen molar-refractivity contribution in [3.8, 4) is 11.8 Å². The van der Waals surface area contributed by atoms with Gasteiger partial charge in [-0.05, 0) is 42.0 Å². The molecule has 0 aliphatic carbocycles. The smallest absolute Gasteiger partial charge is 0.142 e. The second kappa shape index (κ2) is 6.40. The number of anilines is 1. The minimum absolute atomic E-state index is 0.308. The normalized spacial score (nSPS) is 9.90. The SMILES string of the molecule is COc1ccc(Br)cc1NCc1cc(F)cc(C#N)c1. The summed E-state index contributed by atoms with van der Waals surface area (Å²) in [6.45, 7) is 0.402. The highest BCUT2D eigenvalue weighted by Gasteiger charge is 2.05. The first-order chi connectivity index (χ1) is 9.62. The standard InChI is InChI=1S/C15H12BrFN2O/c1-20-15-3-2-12(16)7-14(15)19-9-11-4-10(8-18)5-13(17)6-11/h2-7,19H,9H2,1H3. The lowest BCUT2D eigenvalue weighted by atomic mass is 10.1. The number of nitrogens with one attached hydrogen (secondary N) is 1. The van der Waals surface area contributed by atoms with E-state index in [-0.39, 0.29) is 0 Å². The number of halogens is 2. The Balaban J connectivity index is 2.19. The van der Waals surface area contributed by atoms with Gasteiger partial charge < -0.3 is 10.1 Å². The van der Waals surface area contributed by atoms with Gasteiger partial charge in [0.25, 0.3) is 0 Å². The van der Waals surface area contributed by atoms with Crippen LogP contribution in [0.15, 0.2) is 40.9 Å². The van der Waals surface area contributed by atoms with E-state index in [2.05, 4.69) is 21.2 Å². The second-order valence-electron chi connectivity index (χ2n) is 4.16. The predicted octanol–water partition coefficient (Wildman–Crippen LogP) is 4.08. The van der Waals surface area contributed by atoms with Crippen molar-refractivity contribution in [3.63, 3.8) is 0 Å². The molecule has 20 heavy (non-hydrogen) atoms. The number of hydrogen-bond acceptors (Lipinski definition) is 3. The van der Waals surface area contributed by atoms with E-state index in [0.717, 1.165) is 10.2 Å². The van der Waals surface area contributed by atoms with Crippen molar-refractivity contribution >= 4 is 21.6 Å². The van der Waals surface area contributed by atoms with Gasteiger partial charge in [0.15, 0.2) is 0 Å². The van der Waals surface area contributed by atoms with Crippen molar-refractivity contribution in [2.24, 2.45) is 0 Å². The molecule has 0 aliphatic heterocycles. The summed E-state index contributed by atoms with van der Waals surface area (Å²) in [6, 6.07) is 11.8. The summed E-state index contributed by atoms with van der Waals surface area (Å²) >= 11 is 3.39. The van der Waals surface area contributed by atoms with Crippen LogP contribution >= 0.6 is 15.9 Å². The van der Waals surface area contributed by atoms with Crippen LogP contribution in [-0.4, -0.2) is 7.11 Å². The van der Waals surface area contributed by atoms with Crippen molar-refractivity contribution in [2.75, 3.05) is 12.4 Å². The molecule has 0 saturated heterocycles. The van der Waals surface area contributed by atoms with Gasteiger partial charge in [-0.25, -0.2) is 4.39 Å². The molecule has 0 radical (unpaired) electrons. The largest absolute Gasteiger partial charge is 0.495 e. The maximum Gasteiger partial charge on any atom is 0.142 e. The van der Waals surface area contributed by atoms with Crippen molar-refractivity contribution in [1.82, 2.24) is 0 Å². The number of nitrogens with zero attached hydrogens (tertiary/aromatic N) is 1. The zero-order valence-electron chi connectivity index (χ0n) is 10.8. The predicted molar refractivity (Wildman–Crippen MR) is 79.1 cm³/mol. The number of nitriles is 1. The fourth-order valence-corrected chi connectivity index (χ4v) is 2.19. The average Bonchev–Trinajstić information content (AvgIpc) is 2.44. The minimum atomic E-state index is -0.415. The van der Waals surface area contributed by atoms with Gasteiger partial charge in [-0.1, -0.05) is 15.9 Å². The van der Waals surface area contributed by atoms with Gasteiger partial charge in [-0.2, -0.15) is 5.26 Å². The molecule has 0 aliphatic rings. The third kappa shape index (κ3) is 3.49. The maximum atomic E-state index is 13.3. The maximum absolute atomic E-state index is 13.3. The molecule has 0 fully saturated rings. The molecule has 1 N–H and O–H groups in total. The Morgan fingerprint density at radius 3 is 2.80 bits per heavy atom. The second-order valence-corrected chi connectivity index (χ2v) is 5.07. The van der Waals surface area contributed by atoms with E-state index in [9.17, 15) is 4.39 Å². The van der Waals surface area contributed by atoms with E-state index in [1.807, 2.05) is 24.3 Å². The van der Waals surface area contributed by atoms with Crippen LogP contribution in [0.2, 0.25) is 0 Å². The molecule has 0 atom stereocenters. The molecule has 2 aromatic carbocycles. The molecule has 0 unspecified atom stereocenters. The Bertz CT molecular complexity index is 667. The van der Waals surface area contributed by atoms with Crippen molar-refractivity contribution < 1.29 is 9.13 Å². The van der Waals surface area contributed by atoms with E-state index >= 15 is 0 Å². The molecule has 3 nitrogen and oxygen atoms in total. The van der Waals surface area contributed by atoms with Gasteiger partial charge in [0.2, 0.25) is 0 Å². The summed E-state index contributed by atoms with van der Waals surface area (Å²) in [5, 5.41) is 12.0. The van der Waals surface area contributed by atoms with Gasteiger partial charge in [0.1, 0.15) is 11.6 Å². The van der Waals surface area contributed by atoms with Crippen LogP contribution in [0.1, 0.15) is 11.1 Å². The van der Waals surface area contributed by atoms with Crippen LogP contribution in [0.3, 0.4) is 0 Å².